The molecule has 0 fully saturated rings. The number of hydrogen-bond donors (Lipinski definition) is 0. The normalized spacial score (nSPS) is 12.1. The minimum atomic E-state index is -1.44. The van der Waals surface area contributed by atoms with Crippen LogP contribution >= 0.6 is 0 Å². The summed E-state index contributed by atoms with van der Waals surface area (Å²) in [4.78, 5) is 0. The van der Waals surface area contributed by atoms with Crippen molar-refractivity contribution in [2.45, 2.75) is 117 Å². The average Bonchev–Trinajstić information content (AvgIpc) is 3.64. The maximum Gasteiger partial charge on any atom is 0.129 e. The van der Waals surface area contributed by atoms with Crippen molar-refractivity contribution in [1.29, 1.82) is 0 Å². The monoisotopic (exact) mass is 950 g/mol. The van der Waals surface area contributed by atoms with Crippen LogP contribution in [0, 0.1) is 45.9 Å². The molecule has 0 bridgehead atoms. The summed E-state index contributed by atoms with van der Waals surface area (Å²) in [7, 11) is -5.75. The summed E-state index contributed by atoms with van der Waals surface area (Å²) < 4.78 is 61.7. The number of hydrogen-bond acceptors (Lipinski definition) is 12. The Morgan fingerprint density at radius 2 is 0.762 bits per heavy atom. The molecule has 17 heteroatoms. The highest BCUT2D eigenvalue weighted by atomic mass is 28.3. The SMILES string of the molecule is CCCc1cn(C(COC(COCCOCC#C[Si](C)(C)C)COCCOCC#C[Si](C)(C)C)COC(COCCOCC#C[Si](C)(C)C)COCCOCC#C[Si](C)(C)C)nn1. The molecule has 0 saturated heterocycles. The first-order valence-electron chi connectivity index (χ1n) is 22.5. The third-order valence-corrected chi connectivity index (χ3v) is 11.4. The van der Waals surface area contributed by atoms with Gasteiger partial charge in [0, 0.05) is 6.20 Å². The highest BCUT2D eigenvalue weighted by Crippen LogP contribution is 2.13. The number of rotatable bonds is 33. The Labute approximate surface area is 386 Å². The summed E-state index contributed by atoms with van der Waals surface area (Å²) in [5.41, 5.74) is 14.2. The lowest BCUT2D eigenvalue weighted by Crippen LogP contribution is -2.34. The van der Waals surface area contributed by atoms with E-state index >= 15 is 0 Å². The van der Waals surface area contributed by atoms with Crippen molar-refractivity contribution < 1.29 is 47.4 Å². The molecule has 1 aromatic rings. The summed E-state index contributed by atoms with van der Waals surface area (Å²) in [6.45, 7) is 35.3. The van der Waals surface area contributed by atoms with Gasteiger partial charge in [0.2, 0.25) is 0 Å². The molecule has 0 saturated carbocycles. The Kier molecular flexibility index (Phi) is 32.0. The van der Waals surface area contributed by atoms with Crippen LogP contribution in [0.25, 0.3) is 0 Å². The largest absolute Gasteiger partial charge is 0.376 e. The Hall–Kier alpha value is -2.15. The fourth-order valence-electron chi connectivity index (χ4n) is 4.87. The molecule has 0 unspecified atom stereocenters. The van der Waals surface area contributed by atoms with Gasteiger partial charge in [-0.15, -0.1) is 27.3 Å². The molecule has 0 amide bonds. The van der Waals surface area contributed by atoms with E-state index in [-0.39, 0.29) is 31.5 Å². The van der Waals surface area contributed by atoms with Crippen LogP contribution in [0.2, 0.25) is 78.6 Å². The second-order valence-corrected chi connectivity index (χ2v) is 38.2. The van der Waals surface area contributed by atoms with Crippen molar-refractivity contribution in [2.24, 2.45) is 0 Å². The summed E-state index contributed by atoms with van der Waals surface area (Å²) in [5, 5.41) is 8.89. The van der Waals surface area contributed by atoms with E-state index in [0.717, 1.165) is 18.5 Å². The summed E-state index contributed by atoms with van der Waals surface area (Å²) in [6, 6.07) is -0.309. The first-order chi connectivity index (χ1) is 29.8. The van der Waals surface area contributed by atoms with Crippen molar-refractivity contribution in [1.82, 2.24) is 15.0 Å². The van der Waals surface area contributed by atoms with Crippen LogP contribution in [0.15, 0.2) is 6.20 Å². The topological polar surface area (TPSA) is 123 Å². The second kappa shape index (κ2) is 34.2. The lowest BCUT2D eigenvalue weighted by Gasteiger charge is -2.25. The molecule has 0 aliphatic carbocycles. The predicted octanol–water partition coefficient (Wildman–Crippen LogP) is 6.20. The zero-order valence-corrected chi connectivity index (χ0v) is 45.4. The van der Waals surface area contributed by atoms with Crippen molar-refractivity contribution in [2.75, 3.05) is 119 Å². The molecule has 1 rings (SSSR count). The van der Waals surface area contributed by atoms with Gasteiger partial charge in [-0.25, -0.2) is 4.68 Å². The lowest BCUT2D eigenvalue weighted by atomic mass is 10.2. The first kappa shape index (κ1) is 58.9. The predicted molar refractivity (Wildman–Crippen MR) is 264 cm³/mol. The smallest absolute Gasteiger partial charge is 0.129 e. The standard InChI is InChI=1S/C46H83N3O10Si4/c1-14-19-43-36-49(48-47-43)44(37-58-45(39-54-28-24-50-20-15-32-60(2,3)4)40-55-29-25-51-21-16-33-61(5,6)7)38-59-46(41-56-30-26-52-22-17-34-62(8,9)10)42-57-31-27-53-23-18-35-63(11,12)13/h36,44-46H,14,19-31,37-42H2,1-13H3. The van der Waals surface area contributed by atoms with Gasteiger partial charge >= 0.3 is 0 Å². The Morgan fingerprint density at radius 3 is 1.05 bits per heavy atom. The third-order valence-electron chi connectivity index (χ3n) is 7.74. The number of ether oxygens (including phenoxy) is 10. The van der Waals surface area contributed by atoms with E-state index < -0.39 is 32.3 Å². The maximum absolute atomic E-state index is 6.51. The lowest BCUT2D eigenvalue weighted by molar-refractivity contribution is -0.102. The fraction of sp³-hybridized carbons (Fsp3) is 0.783. The van der Waals surface area contributed by atoms with Gasteiger partial charge in [-0.2, -0.15) is 0 Å². The average molecular weight is 951 g/mol. The van der Waals surface area contributed by atoms with Gasteiger partial charge in [0.1, 0.15) is 77.0 Å². The van der Waals surface area contributed by atoms with Gasteiger partial charge in [-0.05, 0) is 6.42 Å². The second-order valence-electron chi connectivity index (χ2n) is 19.2. The van der Waals surface area contributed by atoms with Crippen LogP contribution in [0.4, 0.5) is 0 Å². The molecule has 1 heterocycles. The third kappa shape index (κ3) is 38.8. The van der Waals surface area contributed by atoms with E-state index in [9.17, 15) is 0 Å². The van der Waals surface area contributed by atoms with E-state index in [1.807, 2.05) is 10.9 Å². The van der Waals surface area contributed by atoms with Crippen molar-refractivity contribution in [3.05, 3.63) is 11.9 Å². The van der Waals surface area contributed by atoms with Gasteiger partial charge in [0.05, 0.1) is 98.2 Å². The number of nitrogens with zero attached hydrogens (tertiary/aromatic N) is 3. The van der Waals surface area contributed by atoms with Crippen LogP contribution in [0.1, 0.15) is 25.1 Å². The van der Waals surface area contributed by atoms with Gasteiger partial charge in [0.15, 0.2) is 0 Å². The first-order valence-corrected chi connectivity index (χ1v) is 36.5. The minimum Gasteiger partial charge on any atom is -0.376 e. The van der Waals surface area contributed by atoms with Crippen LogP contribution in [-0.4, -0.2) is 178 Å². The molecule has 0 N–H and O–H groups in total. The van der Waals surface area contributed by atoms with Crippen LogP contribution in [-0.2, 0) is 53.8 Å². The van der Waals surface area contributed by atoms with E-state index in [1.54, 1.807) is 0 Å². The van der Waals surface area contributed by atoms with Gasteiger partial charge in [-0.3, -0.25) is 0 Å². The molecule has 0 spiro atoms. The molecule has 13 nitrogen and oxygen atoms in total. The zero-order valence-electron chi connectivity index (χ0n) is 41.4. The molecule has 63 heavy (non-hydrogen) atoms. The maximum atomic E-state index is 6.51. The highest BCUT2D eigenvalue weighted by molar-refractivity contribution is 6.85. The Bertz CT molecular complexity index is 1410. The molecule has 0 radical (unpaired) electrons. The zero-order chi connectivity index (χ0) is 46.9. The number of aryl methyl sites for hydroxylation is 1. The van der Waals surface area contributed by atoms with Crippen molar-refractivity contribution >= 4 is 32.3 Å². The molecule has 0 atom stereocenters. The Balaban J connectivity index is 2.99. The van der Waals surface area contributed by atoms with Crippen molar-refractivity contribution in [3.63, 3.8) is 0 Å². The molecule has 0 aliphatic heterocycles. The van der Waals surface area contributed by atoms with Gasteiger partial charge in [0.25, 0.3) is 0 Å². The van der Waals surface area contributed by atoms with Gasteiger partial charge < -0.3 is 47.4 Å². The summed E-state index contributed by atoms with van der Waals surface area (Å²) >= 11 is 0. The highest BCUT2D eigenvalue weighted by Gasteiger charge is 2.21. The molecule has 0 aliphatic rings. The van der Waals surface area contributed by atoms with E-state index in [2.05, 4.69) is 142 Å². The van der Waals surface area contributed by atoms with Crippen LogP contribution < -0.4 is 0 Å². The van der Waals surface area contributed by atoms with Gasteiger partial charge in [-0.1, -0.05) is 121 Å². The Morgan fingerprint density at radius 1 is 0.460 bits per heavy atom. The summed E-state index contributed by atoms with van der Waals surface area (Å²) in [5.74, 6) is 12.5. The van der Waals surface area contributed by atoms with E-state index in [0.29, 0.717) is 106 Å². The van der Waals surface area contributed by atoms with Crippen molar-refractivity contribution in [3.8, 4) is 45.9 Å². The van der Waals surface area contributed by atoms with Crippen LogP contribution in [0.3, 0.4) is 0 Å². The molecular weight excluding hydrogens is 867 g/mol. The molecular formula is C46H83N3O10Si4. The quantitative estimate of drug-likeness (QED) is 0.0454. The van der Waals surface area contributed by atoms with E-state index in [4.69, 9.17) is 47.4 Å². The fourth-order valence-corrected chi connectivity index (χ4v) is 7.28. The molecule has 358 valence electrons. The minimum absolute atomic E-state index is 0.269. The summed E-state index contributed by atoms with van der Waals surface area (Å²) in [6.07, 6.45) is 2.98. The van der Waals surface area contributed by atoms with Crippen LogP contribution in [0.5, 0.6) is 0 Å². The van der Waals surface area contributed by atoms with E-state index in [1.165, 1.54) is 0 Å². The molecule has 0 aromatic carbocycles. The molecule has 1 aromatic heterocycles. The number of aromatic nitrogens is 3.